The number of nitrogens with one attached hydrogen (secondary N) is 2. The number of rotatable bonds is 10. The third-order valence-electron chi connectivity index (χ3n) is 3.85. The van der Waals surface area contributed by atoms with Crippen LogP contribution in [0, 0.1) is 0 Å². The topological polar surface area (TPSA) is 85.6 Å². The maximum atomic E-state index is 5.45. The molecule has 0 fully saturated rings. The molecule has 0 atom stereocenters. The van der Waals surface area contributed by atoms with Crippen LogP contribution in [0.2, 0.25) is 0 Å². The summed E-state index contributed by atoms with van der Waals surface area (Å²) in [6.07, 6.45) is 4.35. The Morgan fingerprint density at radius 3 is 2.96 bits per heavy atom. The fourth-order valence-corrected chi connectivity index (χ4v) is 2.60. The molecule has 8 nitrogen and oxygen atoms in total. The van der Waals surface area contributed by atoms with Crippen LogP contribution in [0.15, 0.2) is 4.99 Å². The molecule has 24 heavy (non-hydrogen) atoms. The first-order chi connectivity index (χ1) is 11.8. The predicted molar refractivity (Wildman–Crippen MR) is 93.1 cm³/mol. The van der Waals surface area contributed by atoms with Crippen LogP contribution in [0.4, 0.5) is 0 Å². The first-order valence-electron chi connectivity index (χ1n) is 8.85. The SMILES string of the molecule is CCNC(=NCc1nnc2n1CCCC2)NCCCOCCOC. The minimum atomic E-state index is 0.548. The van der Waals surface area contributed by atoms with Crippen molar-refractivity contribution in [2.75, 3.05) is 40.0 Å². The average Bonchev–Trinajstić information content (AvgIpc) is 3.02. The molecule has 0 amide bonds. The van der Waals surface area contributed by atoms with Gasteiger partial charge in [-0.2, -0.15) is 0 Å². The van der Waals surface area contributed by atoms with Crippen LogP contribution in [-0.2, 0) is 29.0 Å². The molecule has 0 unspecified atom stereocenters. The van der Waals surface area contributed by atoms with E-state index in [0.717, 1.165) is 50.1 Å². The maximum Gasteiger partial charge on any atom is 0.191 e. The van der Waals surface area contributed by atoms with Gasteiger partial charge in [0, 0.05) is 39.8 Å². The molecule has 2 N–H and O–H groups in total. The fourth-order valence-electron chi connectivity index (χ4n) is 2.60. The van der Waals surface area contributed by atoms with Gasteiger partial charge < -0.3 is 24.7 Å². The van der Waals surface area contributed by atoms with Gasteiger partial charge in [-0.3, -0.25) is 0 Å². The van der Waals surface area contributed by atoms with Gasteiger partial charge in [0.1, 0.15) is 12.4 Å². The van der Waals surface area contributed by atoms with Crippen LogP contribution in [0.5, 0.6) is 0 Å². The molecular formula is C16H30N6O2. The first-order valence-corrected chi connectivity index (χ1v) is 8.85. The number of fused-ring (bicyclic) bond motifs is 1. The molecular weight excluding hydrogens is 308 g/mol. The van der Waals surface area contributed by atoms with Gasteiger partial charge >= 0.3 is 0 Å². The molecule has 0 saturated heterocycles. The van der Waals surface area contributed by atoms with E-state index in [4.69, 9.17) is 9.47 Å². The molecule has 2 heterocycles. The number of guanidine groups is 1. The minimum absolute atomic E-state index is 0.548. The van der Waals surface area contributed by atoms with Crippen LogP contribution >= 0.6 is 0 Å². The number of aryl methyl sites for hydroxylation is 1. The smallest absolute Gasteiger partial charge is 0.191 e. The van der Waals surface area contributed by atoms with E-state index in [0.29, 0.717) is 26.4 Å². The molecule has 1 aliphatic heterocycles. The van der Waals surface area contributed by atoms with Crippen LogP contribution < -0.4 is 10.6 Å². The number of hydrogen-bond donors (Lipinski definition) is 2. The molecule has 2 rings (SSSR count). The van der Waals surface area contributed by atoms with E-state index in [-0.39, 0.29) is 0 Å². The summed E-state index contributed by atoms with van der Waals surface area (Å²) < 4.78 is 12.6. The van der Waals surface area contributed by atoms with Crippen molar-refractivity contribution in [3.05, 3.63) is 11.6 Å². The molecule has 1 aromatic rings. The first kappa shape index (κ1) is 18.7. The van der Waals surface area contributed by atoms with Crippen LogP contribution in [0.3, 0.4) is 0 Å². The van der Waals surface area contributed by atoms with Gasteiger partial charge in [0.15, 0.2) is 11.8 Å². The second kappa shape index (κ2) is 11.0. The summed E-state index contributed by atoms with van der Waals surface area (Å²) in [5.74, 6) is 2.85. The van der Waals surface area contributed by atoms with Crippen molar-refractivity contribution in [2.24, 2.45) is 4.99 Å². The summed E-state index contributed by atoms with van der Waals surface area (Å²) in [4.78, 5) is 4.62. The summed E-state index contributed by atoms with van der Waals surface area (Å²) in [5, 5.41) is 15.1. The number of methoxy groups -OCH3 is 1. The number of aliphatic imine (C=N–C) groups is 1. The highest BCUT2D eigenvalue weighted by atomic mass is 16.5. The molecule has 1 aromatic heterocycles. The number of hydrogen-bond acceptors (Lipinski definition) is 5. The number of aromatic nitrogens is 3. The molecule has 8 heteroatoms. The van der Waals surface area contributed by atoms with Crippen LogP contribution in [-0.4, -0.2) is 60.7 Å². The van der Waals surface area contributed by atoms with Crippen molar-refractivity contribution < 1.29 is 9.47 Å². The summed E-state index contributed by atoms with van der Waals surface area (Å²) >= 11 is 0. The second-order valence-electron chi connectivity index (χ2n) is 5.72. The minimum Gasteiger partial charge on any atom is -0.382 e. The van der Waals surface area contributed by atoms with E-state index in [1.54, 1.807) is 7.11 Å². The second-order valence-corrected chi connectivity index (χ2v) is 5.72. The third-order valence-corrected chi connectivity index (χ3v) is 3.85. The predicted octanol–water partition coefficient (Wildman–Crippen LogP) is 0.723. The van der Waals surface area contributed by atoms with Crippen molar-refractivity contribution in [3.63, 3.8) is 0 Å². The summed E-state index contributed by atoms with van der Waals surface area (Å²) in [7, 11) is 1.68. The summed E-state index contributed by atoms with van der Waals surface area (Å²) in [6, 6.07) is 0. The lowest BCUT2D eigenvalue weighted by atomic mass is 10.2. The van der Waals surface area contributed by atoms with Gasteiger partial charge in [0.25, 0.3) is 0 Å². The van der Waals surface area contributed by atoms with E-state index < -0.39 is 0 Å². The Labute approximate surface area is 144 Å². The Morgan fingerprint density at radius 1 is 1.21 bits per heavy atom. The maximum absolute atomic E-state index is 5.45. The standard InChI is InChI=1S/C16H30N6O2/c1-3-17-16(18-8-6-10-24-12-11-23-2)19-13-15-21-20-14-7-4-5-9-22(14)15/h3-13H2,1-2H3,(H2,17,18,19). The average molecular weight is 338 g/mol. The third kappa shape index (κ3) is 6.09. The quantitative estimate of drug-likeness (QED) is 0.371. The van der Waals surface area contributed by atoms with Crippen LogP contribution in [0.25, 0.3) is 0 Å². The van der Waals surface area contributed by atoms with Crippen molar-refractivity contribution in [3.8, 4) is 0 Å². The largest absolute Gasteiger partial charge is 0.382 e. The fraction of sp³-hybridized carbons (Fsp3) is 0.812. The Kier molecular flexibility index (Phi) is 8.54. The molecule has 1 aliphatic rings. The van der Waals surface area contributed by atoms with Gasteiger partial charge in [0.2, 0.25) is 0 Å². The summed E-state index contributed by atoms with van der Waals surface area (Å²) in [5.41, 5.74) is 0. The molecule has 0 spiro atoms. The van der Waals surface area contributed by atoms with Gasteiger partial charge in [0.05, 0.1) is 13.2 Å². The Morgan fingerprint density at radius 2 is 2.12 bits per heavy atom. The molecule has 0 aliphatic carbocycles. The Bertz CT molecular complexity index is 503. The molecule has 0 bridgehead atoms. The van der Waals surface area contributed by atoms with Crippen molar-refractivity contribution in [1.82, 2.24) is 25.4 Å². The zero-order valence-electron chi connectivity index (χ0n) is 14.9. The lowest BCUT2D eigenvalue weighted by Crippen LogP contribution is -2.38. The van der Waals surface area contributed by atoms with E-state index >= 15 is 0 Å². The van der Waals surface area contributed by atoms with E-state index in [2.05, 4.69) is 37.3 Å². The summed E-state index contributed by atoms with van der Waals surface area (Å²) in [6.45, 7) is 7.26. The molecule has 0 saturated carbocycles. The Balaban J connectivity index is 1.75. The van der Waals surface area contributed by atoms with Gasteiger partial charge in [-0.25, -0.2) is 4.99 Å². The normalized spacial score (nSPS) is 14.5. The van der Waals surface area contributed by atoms with Gasteiger partial charge in [-0.15, -0.1) is 10.2 Å². The zero-order chi connectivity index (χ0) is 17.0. The lowest BCUT2D eigenvalue weighted by molar-refractivity contribution is 0.0698. The zero-order valence-corrected chi connectivity index (χ0v) is 14.9. The highest BCUT2D eigenvalue weighted by Crippen LogP contribution is 2.14. The number of nitrogens with zero attached hydrogens (tertiary/aromatic N) is 4. The van der Waals surface area contributed by atoms with E-state index in [1.807, 2.05) is 0 Å². The van der Waals surface area contributed by atoms with E-state index in [9.17, 15) is 0 Å². The molecule has 0 radical (unpaired) electrons. The highest BCUT2D eigenvalue weighted by molar-refractivity contribution is 5.79. The van der Waals surface area contributed by atoms with Crippen LogP contribution in [0.1, 0.15) is 37.8 Å². The van der Waals surface area contributed by atoms with Crippen molar-refractivity contribution in [1.29, 1.82) is 0 Å². The van der Waals surface area contributed by atoms with Gasteiger partial charge in [-0.05, 0) is 26.2 Å². The number of ether oxygens (including phenoxy) is 2. The van der Waals surface area contributed by atoms with Crippen molar-refractivity contribution >= 4 is 5.96 Å². The molecule has 0 aromatic carbocycles. The van der Waals surface area contributed by atoms with Gasteiger partial charge in [-0.1, -0.05) is 0 Å². The lowest BCUT2D eigenvalue weighted by Gasteiger charge is -2.14. The molecule has 136 valence electrons. The monoisotopic (exact) mass is 338 g/mol. The van der Waals surface area contributed by atoms with Crippen molar-refractivity contribution in [2.45, 2.75) is 45.7 Å². The van der Waals surface area contributed by atoms with E-state index in [1.165, 1.54) is 12.8 Å². The highest BCUT2D eigenvalue weighted by Gasteiger charge is 2.15. The Hall–Kier alpha value is -1.67.